The summed E-state index contributed by atoms with van der Waals surface area (Å²) in [6.07, 6.45) is -0.599. The molecule has 0 aliphatic carbocycles. The fraction of sp³-hybridized carbons (Fsp3) is 0.333. The lowest BCUT2D eigenvalue weighted by Crippen LogP contribution is -2.04. The van der Waals surface area contributed by atoms with Crippen LogP contribution in [-0.2, 0) is 6.54 Å². The van der Waals surface area contributed by atoms with Gasteiger partial charge in [0.1, 0.15) is 11.9 Å². The van der Waals surface area contributed by atoms with Crippen molar-refractivity contribution in [3.8, 4) is 6.07 Å². The lowest BCUT2D eigenvalue weighted by Gasteiger charge is -2.07. The second kappa shape index (κ2) is 3.95. The number of aryl methyl sites for hydroxylation is 1. The molecule has 1 heterocycles. The minimum atomic E-state index is -0.599. The Morgan fingerprint density at radius 3 is 2.88 bits per heavy atom. The molecule has 2 rings (SSSR count). The molecule has 1 atom stereocenters. The van der Waals surface area contributed by atoms with E-state index in [0.717, 1.165) is 17.6 Å². The van der Waals surface area contributed by atoms with Gasteiger partial charge in [-0.15, -0.1) is 0 Å². The number of hydrogen-bond donors (Lipinski definition) is 1. The van der Waals surface area contributed by atoms with Gasteiger partial charge in [0.2, 0.25) is 0 Å². The van der Waals surface area contributed by atoms with Gasteiger partial charge in [0, 0.05) is 6.54 Å². The fourth-order valence-electron chi connectivity index (χ4n) is 1.87. The predicted molar refractivity (Wildman–Crippen MR) is 60.8 cm³/mol. The van der Waals surface area contributed by atoms with E-state index in [2.05, 4.69) is 11.1 Å². The van der Waals surface area contributed by atoms with Gasteiger partial charge in [-0.2, -0.15) is 5.26 Å². The van der Waals surface area contributed by atoms with Crippen LogP contribution in [0, 0.1) is 11.3 Å². The quantitative estimate of drug-likeness (QED) is 0.833. The maximum absolute atomic E-state index is 9.61. The Bertz CT molecular complexity index is 563. The molecule has 1 N–H and O–H groups in total. The molecule has 0 saturated carbocycles. The number of aliphatic hydroxyl groups is 1. The van der Waals surface area contributed by atoms with Crippen LogP contribution in [-0.4, -0.2) is 14.7 Å². The highest BCUT2D eigenvalue weighted by molar-refractivity contribution is 5.77. The number of fused-ring (bicyclic) bond motifs is 1. The molecule has 82 valence electrons. The monoisotopic (exact) mass is 215 g/mol. The zero-order valence-electron chi connectivity index (χ0n) is 9.31. The van der Waals surface area contributed by atoms with Crippen molar-refractivity contribution < 1.29 is 5.11 Å². The molecular weight excluding hydrogens is 202 g/mol. The number of aliphatic hydroxyl groups excluding tert-OH is 1. The third-order valence-corrected chi connectivity index (χ3v) is 2.60. The van der Waals surface area contributed by atoms with E-state index in [4.69, 9.17) is 5.26 Å². The van der Waals surface area contributed by atoms with Gasteiger partial charge in [-0.1, -0.05) is 0 Å². The van der Waals surface area contributed by atoms with E-state index in [1.807, 2.05) is 17.6 Å². The summed E-state index contributed by atoms with van der Waals surface area (Å²) >= 11 is 0. The van der Waals surface area contributed by atoms with E-state index >= 15 is 0 Å². The normalized spacial score (nSPS) is 12.6. The molecule has 0 saturated heterocycles. The van der Waals surface area contributed by atoms with Crippen LogP contribution >= 0.6 is 0 Å². The molecule has 1 aromatic heterocycles. The highest BCUT2D eigenvalue weighted by atomic mass is 16.3. The van der Waals surface area contributed by atoms with Crippen molar-refractivity contribution in [3.05, 3.63) is 29.6 Å². The van der Waals surface area contributed by atoms with Gasteiger partial charge in [-0.05, 0) is 32.0 Å². The largest absolute Gasteiger partial charge is 0.385 e. The second-order valence-electron chi connectivity index (χ2n) is 3.71. The maximum Gasteiger partial charge on any atom is 0.138 e. The first-order chi connectivity index (χ1) is 7.67. The molecule has 0 spiro atoms. The second-order valence-corrected chi connectivity index (χ2v) is 3.71. The van der Waals surface area contributed by atoms with E-state index in [9.17, 15) is 5.11 Å². The Labute approximate surface area is 93.8 Å². The standard InChI is InChI=1S/C12H13N3O/c1-3-15-11-5-4-9(7-13)6-10(11)14-12(15)8(2)16/h4-6,8,16H,3H2,1-2H3/t8-/m0/s1. The summed E-state index contributed by atoms with van der Waals surface area (Å²) in [7, 11) is 0. The van der Waals surface area contributed by atoms with Crippen LogP contribution in [0.2, 0.25) is 0 Å². The van der Waals surface area contributed by atoms with Gasteiger partial charge in [0.05, 0.1) is 22.7 Å². The molecule has 0 amide bonds. The SMILES string of the molecule is CCn1c([C@H](C)O)nc2cc(C#N)ccc21. The Morgan fingerprint density at radius 1 is 1.56 bits per heavy atom. The summed E-state index contributed by atoms with van der Waals surface area (Å²) in [4.78, 5) is 4.35. The third kappa shape index (κ3) is 1.55. The van der Waals surface area contributed by atoms with Crippen LogP contribution < -0.4 is 0 Å². The Morgan fingerprint density at radius 2 is 2.31 bits per heavy atom. The van der Waals surface area contributed by atoms with Crippen LogP contribution in [0.25, 0.3) is 11.0 Å². The molecular formula is C12H13N3O. The highest BCUT2D eigenvalue weighted by Crippen LogP contribution is 2.21. The minimum absolute atomic E-state index is 0.588. The summed E-state index contributed by atoms with van der Waals surface area (Å²) in [5.74, 6) is 0.646. The molecule has 1 aromatic carbocycles. The van der Waals surface area contributed by atoms with E-state index in [0.29, 0.717) is 11.4 Å². The van der Waals surface area contributed by atoms with E-state index in [-0.39, 0.29) is 0 Å². The number of nitrogens with zero attached hydrogens (tertiary/aromatic N) is 3. The first-order valence-corrected chi connectivity index (χ1v) is 5.25. The summed E-state index contributed by atoms with van der Waals surface area (Å²) in [5.41, 5.74) is 2.31. The topological polar surface area (TPSA) is 61.8 Å². The van der Waals surface area contributed by atoms with Crippen LogP contribution in [0.3, 0.4) is 0 Å². The summed E-state index contributed by atoms with van der Waals surface area (Å²) in [6, 6.07) is 7.46. The van der Waals surface area contributed by atoms with E-state index < -0.39 is 6.10 Å². The number of nitriles is 1. The zero-order valence-corrected chi connectivity index (χ0v) is 9.31. The number of benzene rings is 1. The molecule has 2 aromatic rings. The molecule has 4 heteroatoms. The number of rotatable bonds is 2. The van der Waals surface area contributed by atoms with E-state index in [1.54, 1.807) is 19.1 Å². The van der Waals surface area contributed by atoms with Crippen molar-refractivity contribution in [2.45, 2.75) is 26.5 Å². The lowest BCUT2D eigenvalue weighted by molar-refractivity contribution is 0.184. The number of imidazole rings is 1. The minimum Gasteiger partial charge on any atom is -0.385 e. The lowest BCUT2D eigenvalue weighted by atomic mass is 10.2. The molecule has 0 aliphatic heterocycles. The fourth-order valence-corrected chi connectivity index (χ4v) is 1.87. The number of aromatic nitrogens is 2. The Balaban J connectivity index is 2.72. The van der Waals surface area contributed by atoms with E-state index in [1.165, 1.54) is 0 Å². The molecule has 0 aliphatic rings. The van der Waals surface area contributed by atoms with Crippen LogP contribution in [0.4, 0.5) is 0 Å². The van der Waals surface area contributed by atoms with Crippen molar-refractivity contribution >= 4 is 11.0 Å². The average Bonchev–Trinajstić information content (AvgIpc) is 2.66. The van der Waals surface area contributed by atoms with Gasteiger partial charge in [0.25, 0.3) is 0 Å². The van der Waals surface area contributed by atoms with Gasteiger partial charge >= 0.3 is 0 Å². The van der Waals surface area contributed by atoms with Crippen LogP contribution in [0.15, 0.2) is 18.2 Å². The summed E-state index contributed by atoms with van der Waals surface area (Å²) in [5, 5.41) is 18.4. The Kier molecular flexibility index (Phi) is 2.63. The van der Waals surface area contributed by atoms with Gasteiger partial charge in [0.15, 0.2) is 0 Å². The summed E-state index contributed by atoms with van der Waals surface area (Å²) < 4.78 is 1.96. The summed E-state index contributed by atoms with van der Waals surface area (Å²) in [6.45, 7) is 4.45. The molecule has 0 fully saturated rings. The zero-order chi connectivity index (χ0) is 11.7. The predicted octanol–water partition coefficient (Wildman–Crippen LogP) is 1.98. The highest BCUT2D eigenvalue weighted by Gasteiger charge is 2.13. The maximum atomic E-state index is 9.61. The molecule has 4 nitrogen and oxygen atoms in total. The van der Waals surface area contributed by atoms with Crippen molar-refractivity contribution in [1.29, 1.82) is 5.26 Å². The molecule has 0 unspecified atom stereocenters. The molecule has 0 bridgehead atoms. The Hall–Kier alpha value is -1.86. The van der Waals surface area contributed by atoms with Crippen molar-refractivity contribution in [3.63, 3.8) is 0 Å². The van der Waals surface area contributed by atoms with Gasteiger partial charge in [-0.25, -0.2) is 4.98 Å². The first-order valence-electron chi connectivity index (χ1n) is 5.25. The number of hydrogen-bond acceptors (Lipinski definition) is 3. The van der Waals surface area contributed by atoms with Crippen LogP contribution in [0.1, 0.15) is 31.3 Å². The molecule has 0 radical (unpaired) electrons. The van der Waals surface area contributed by atoms with Crippen molar-refractivity contribution in [1.82, 2.24) is 9.55 Å². The van der Waals surface area contributed by atoms with Crippen molar-refractivity contribution in [2.24, 2.45) is 0 Å². The van der Waals surface area contributed by atoms with Gasteiger partial charge in [-0.3, -0.25) is 0 Å². The smallest absolute Gasteiger partial charge is 0.138 e. The first kappa shape index (κ1) is 10.7. The van der Waals surface area contributed by atoms with Gasteiger partial charge < -0.3 is 9.67 Å². The average molecular weight is 215 g/mol. The molecule has 16 heavy (non-hydrogen) atoms. The van der Waals surface area contributed by atoms with Crippen LogP contribution in [0.5, 0.6) is 0 Å². The van der Waals surface area contributed by atoms with Crippen molar-refractivity contribution in [2.75, 3.05) is 0 Å². The third-order valence-electron chi connectivity index (χ3n) is 2.60.